The van der Waals surface area contributed by atoms with Crippen molar-refractivity contribution in [3.05, 3.63) is 84.6 Å². The average Bonchev–Trinajstić information content (AvgIpc) is 3.31. The van der Waals surface area contributed by atoms with E-state index in [1.807, 2.05) is 36.4 Å². The molecule has 0 aliphatic carbocycles. The molecular weight excluding hydrogens is 368 g/mol. The van der Waals surface area contributed by atoms with Crippen molar-refractivity contribution in [2.24, 2.45) is 0 Å². The van der Waals surface area contributed by atoms with Crippen molar-refractivity contribution < 1.29 is 14.0 Å². The van der Waals surface area contributed by atoms with Gasteiger partial charge in [0.1, 0.15) is 0 Å². The van der Waals surface area contributed by atoms with E-state index in [2.05, 4.69) is 20.6 Å². The van der Waals surface area contributed by atoms with Crippen molar-refractivity contribution in [1.82, 2.24) is 20.6 Å². The van der Waals surface area contributed by atoms with E-state index in [0.29, 0.717) is 11.3 Å². The van der Waals surface area contributed by atoms with Crippen LogP contribution in [0.25, 0.3) is 22.2 Å². The second-order valence-corrected chi connectivity index (χ2v) is 6.30. The van der Waals surface area contributed by atoms with E-state index in [1.54, 1.807) is 30.6 Å². The average molecular weight is 386 g/mol. The van der Waals surface area contributed by atoms with Gasteiger partial charge in [0.25, 0.3) is 11.8 Å². The molecule has 0 atom stereocenters. The lowest BCUT2D eigenvalue weighted by atomic mass is 10.0. The van der Waals surface area contributed by atoms with Crippen LogP contribution >= 0.6 is 0 Å². The first-order valence-electron chi connectivity index (χ1n) is 9.12. The summed E-state index contributed by atoms with van der Waals surface area (Å²) in [4.78, 5) is 33.4. The fourth-order valence-electron chi connectivity index (χ4n) is 2.98. The second-order valence-electron chi connectivity index (χ2n) is 6.30. The predicted molar refractivity (Wildman–Crippen MR) is 108 cm³/mol. The summed E-state index contributed by atoms with van der Waals surface area (Å²) in [5, 5.41) is 6.31. The Morgan fingerprint density at radius 2 is 1.66 bits per heavy atom. The highest BCUT2D eigenvalue weighted by molar-refractivity contribution is 6.07. The maximum absolute atomic E-state index is 12.8. The van der Waals surface area contributed by atoms with Crippen LogP contribution in [-0.4, -0.2) is 34.9 Å². The van der Waals surface area contributed by atoms with Gasteiger partial charge in [0.15, 0.2) is 5.76 Å². The summed E-state index contributed by atoms with van der Waals surface area (Å²) >= 11 is 0. The van der Waals surface area contributed by atoms with Crippen molar-refractivity contribution >= 4 is 22.7 Å². The largest absolute Gasteiger partial charge is 0.459 e. The molecule has 0 bridgehead atoms. The zero-order valence-electron chi connectivity index (χ0n) is 15.5. The molecule has 29 heavy (non-hydrogen) atoms. The summed E-state index contributed by atoms with van der Waals surface area (Å²) < 4.78 is 5.04. The van der Waals surface area contributed by atoms with Crippen LogP contribution in [0.3, 0.4) is 0 Å². The number of nitrogens with zero attached hydrogens (tertiary/aromatic N) is 2. The van der Waals surface area contributed by atoms with Gasteiger partial charge in [-0.1, -0.05) is 18.2 Å². The third-order valence-corrected chi connectivity index (χ3v) is 4.38. The summed E-state index contributed by atoms with van der Waals surface area (Å²) in [5.41, 5.74) is 2.84. The van der Waals surface area contributed by atoms with Gasteiger partial charge in [0, 0.05) is 36.4 Å². The first kappa shape index (κ1) is 18.4. The van der Waals surface area contributed by atoms with Crippen molar-refractivity contribution in [3.63, 3.8) is 0 Å². The standard InChI is InChI=1S/C22H18N4O3/c27-21(24-11-12-25-22(28)20-6-3-13-29-20)17-14-19(15-7-9-23-10-8-15)26-18-5-2-1-4-16(17)18/h1-10,13-14H,11-12H2,(H,24,27)(H,25,28). The molecule has 0 saturated heterocycles. The normalized spacial score (nSPS) is 10.6. The lowest BCUT2D eigenvalue weighted by Gasteiger charge is -2.11. The van der Waals surface area contributed by atoms with Crippen molar-refractivity contribution in [1.29, 1.82) is 0 Å². The molecule has 144 valence electrons. The molecule has 7 heteroatoms. The molecule has 0 fully saturated rings. The molecule has 0 saturated carbocycles. The number of amides is 2. The van der Waals surface area contributed by atoms with Crippen LogP contribution < -0.4 is 10.6 Å². The molecule has 1 aromatic carbocycles. The predicted octanol–water partition coefficient (Wildman–Crippen LogP) is 3.05. The van der Waals surface area contributed by atoms with E-state index in [0.717, 1.165) is 16.5 Å². The van der Waals surface area contributed by atoms with Crippen LogP contribution in [-0.2, 0) is 0 Å². The summed E-state index contributed by atoms with van der Waals surface area (Å²) in [7, 11) is 0. The van der Waals surface area contributed by atoms with Crippen LogP contribution in [0.4, 0.5) is 0 Å². The Bertz CT molecular complexity index is 1140. The molecule has 0 radical (unpaired) electrons. The van der Waals surface area contributed by atoms with E-state index in [1.165, 1.54) is 6.26 Å². The minimum atomic E-state index is -0.321. The molecule has 7 nitrogen and oxygen atoms in total. The van der Waals surface area contributed by atoms with E-state index >= 15 is 0 Å². The Morgan fingerprint density at radius 1 is 0.897 bits per heavy atom. The highest BCUT2D eigenvalue weighted by Crippen LogP contribution is 2.24. The quantitative estimate of drug-likeness (QED) is 0.497. The van der Waals surface area contributed by atoms with Gasteiger partial charge in [-0.05, 0) is 36.4 Å². The molecule has 0 unspecified atom stereocenters. The number of nitrogens with one attached hydrogen (secondary N) is 2. The minimum absolute atomic E-state index is 0.230. The molecule has 4 rings (SSSR count). The van der Waals surface area contributed by atoms with Gasteiger partial charge >= 0.3 is 0 Å². The van der Waals surface area contributed by atoms with Gasteiger partial charge in [0.05, 0.1) is 23.0 Å². The van der Waals surface area contributed by atoms with Gasteiger partial charge in [-0.15, -0.1) is 0 Å². The number of hydrogen-bond acceptors (Lipinski definition) is 5. The monoisotopic (exact) mass is 386 g/mol. The van der Waals surface area contributed by atoms with Crippen LogP contribution in [0, 0.1) is 0 Å². The minimum Gasteiger partial charge on any atom is -0.459 e. The summed E-state index contributed by atoms with van der Waals surface area (Å²) in [6, 6.07) is 16.2. The zero-order chi connectivity index (χ0) is 20.1. The molecule has 0 aliphatic rings. The number of fused-ring (bicyclic) bond motifs is 1. The van der Waals surface area contributed by atoms with E-state index in [9.17, 15) is 9.59 Å². The Kier molecular flexibility index (Phi) is 5.29. The number of rotatable bonds is 6. The number of pyridine rings is 2. The van der Waals surface area contributed by atoms with Crippen molar-refractivity contribution in [3.8, 4) is 11.3 Å². The summed E-state index contributed by atoms with van der Waals surface area (Å²) in [5.74, 6) is -0.316. The molecular formula is C22H18N4O3. The second kappa shape index (κ2) is 8.35. The van der Waals surface area contributed by atoms with E-state index < -0.39 is 0 Å². The van der Waals surface area contributed by atoms with Crippen molar-refractivity contribution in [2.75, 3.05) is 13.1 Å². The fraction of sp³-hybridized carbons (Fsp3) is 0.0909. The lowest BCUT2D eigenvalue weighted by Crippen LogP contribution is -2.34. The maximum Gasteiger partial charge on any atom is 0.287 e. The number of para-hydroxylation sites is 1. The third kappa shape index (κ3) is 4.14. The highest BCUT2D eigenvalue weighted by Gasteiger charge is 2.14. The molecule has 0 spiro atoms. The molecule has 4 aromatic rings. The lowest BCUT2D eigenvalue weighted by molar-refractivity contribution is 0.0911. The molecule has 3 heterocycles. The summed E-state index contributed by atoms with van der Waals surface area (Å²) in [6.07, 6.45) is 4.81. The Labute approximate surface area is 166 Å². The van der Waals surface area contributed by atoms with Crippen LogP contribution in [0.2, 0.25) is 0 Å². The van der Waals surface area contributed by atoms with Gasteiger partial charge in [-0.2, -0.15) is 0 Å². The number of carbonyl (C=O) groups is 2. The van der Waals surface area contributed by atoms with Crippen LogP contribution in [0.5, 0.6) is 0 Å². The van der Waals surface area contributed by atoms with Gasteiger partial charge in [0.2, 0.25) is 0 Å². The van der Waals surface area contributed by atoms with Crippen LogP contribution in [0.15, 0.2) is 77.7 Å². The summed E-state index contributed by atoms with van der Waals surface area (Å²) in [6.45, 7) is 0.567. The fourth-order valence-corrected chi connectivity index (χ4v) is 2.98. The SMILES string of the molecule is O=C(NCCNC(=O)c1cc(-c2ccncc2)nc2ccccc12)c1ccco1. The molecule has 0 aliphatic heterocycles. The third-order valence-electron chi connectivity index (χ3n) is 4.38. The number of furan rings is 1. The van der Waals surface area contributed by atoms with Gasteiger partial charge < -0.3 is 15.1 Å². The Morgan fingerprint density at radius 3 is 2.41 bits per heavy atom. The highest BCUT2D eigenvalue weighted by atomic mass is 16.3. The van der Waals surface area contributed by atoms with Gasteiger partial charge in [-0.3, -0.25) is 14.6 Å². The zero-order valence-corrected chi connectivity index (χ0v) is 15.5. The first-order chi connectivity index (χ1) is 14.2. The number of benzene rings is 1. The van der Waals surface area contributed by atoms with E-state index in [4.69, 9.17) is 4.42 Å². The smallest absolute Gasteiger partial charge is 0.287 e. The molecule has 3 aromatic heterocycles. The van der Waals surface area contributed by atoms with Crippen molar-refractivity contribution in [2.45, 2.75) is 0 Å². The number of carbonyl (C=O) groups excluding carboxylic acids is 2. The van der Waals surface area contributed by atoms with Gasteiger partial charge in [-0.25, -0.2) is 4.98 Å². The van der Waals surface area contributed by atoms with E-state index in [-0.39, 0.29) is 30.7 Å². The Hall–Kier alpha value is -4.00. The Balaban J connectivity index is 1.50. The van der Waals surface area contributed by atoms with Crippen LogP contribution in [0.1, 0.15) is 20.9 Å². The molecule has 2 N–H and O–H groups in total. The first-order valence-corrected chi connectivity index (χ1v) is 9.12. The molecule has 2 amide bonds. The number of aromatic nitrogens is 2. The maximum atomic E-state index is 12.8. The number of hydrogen-bond donors (Lipinski definition) is 2. The topological polar surface area (TPSA) is 97.1 Å².